The van der Waals surface area contributed by atoms with Crippen molar-refractivity contribution in [1.29, 1.82) is 0 Å². The van der Waals surface area contributed by atoms with Gasteiger partial charge in [0.05, 0.1) is 6.10 Å². The smallest absolute Gasteiger partial charge is 0.243 e. The molecular weight excluding hydrogens is 500 g/mol. The van der Waals surface area contributed by atoms with Crippen LogP contribution >= 0.6 is 24.0 Å². The first kappa shape index (κ1) is 25.5. The van der Waals surface area contributed by atoms with Crippen molar-refractivity contribution < 1.29 is 22.7 Å². The summed E-state index contributed by atoms with van der Waals surface area (Å²) in [5.41, 5.74) is 0.251. The molecule has 1 aromatic rings. The maximum Gasteiger partial charge on any atom is 0.243 e. The van der Waals surface area contributed by atoms with Crippen molar-refractivity contribution in [1.82, 2.24) is 15.1 Å². The van der Waals surface area contributed by atoms with E-state index >= 15 is 0 Å². The molecule has 1 atom stereocenters. The van der Waals surface area contributed by atoms with Gasteiger partial charge in [-0.15, -0.1) is 24.0 Å². The molecule has 1 heterocycles. The predicted octanol–water partition coefficient (Wildman–Crippen LogP) is 2.76. The van der Waals surface area contributed by atoms with Crippen molar-refractivity contribution in [2.75, 3.05) is 40.8 Å². The Kier molecular flexibility index (Phi) is 10.7. The molecule has 6 nitrogen and oxygen atoms in total. The van der Waals surface area contributed by atoms with E-state index in [1.54, 1.807) is 26.0 Å². The fraction of sp³-hybridized carbons (Fsp3) is 0.579. The van der Waals surface area contributed by atoms with Crippen LogP contribution in [-0.4, -0.2) is 68.6 Å². The van der Waals surface area contributed by atoms with Gasteiger partial charge in [0.2, 0.25) is 5.91 Å². The minimum Gasteiger partial charge on any atom is -0.376 e. The van der Waals surface area contributed by atoms with E-state index in [4.69, 9.17) is 4.74 Å². The molecule has 10 heteroatoms. The van der Waals surface area contributed by atoms with E-state index in [-0.39, 0.29) is 54.6 Å². The Morgan fingerprint density at radius 3 is 2.41 bits per heavy atom. The average Bonchev–Trinajstić information content (AvgIpc) is 2.66. The molecule has 1 N–H and O–H groups in total. The van der Waals surface area contributed by atoms with Crippen LogP contribution in [0.1, 0.15) is 24.8 Å². The molecule has 1 aliphatic heterocycles. The molecule has 0 radical (unpaired) electrons. The molecule has 2 rings (SSSR count). The molecule has 0 spiro atoms. The van der Waals surface area contributed by atoms with Gasteiger partial charge < -0.3 is 19.9 Å². The van der Waals surface area contributed by atoms with Gasteiger partial charge >= 0.3 is 0 Å². The zero-order valence-electron chi connectivity index (χ0n) is 16.9. The number of amides is 1. The molecule has 0 aromatic heterocycles. The Morgan fingerprint density at radius 2 is 1.86 bits per heavy atom. The lowest BCUT2D eigenvalue weighted by Crippen LogP contribution is -2.43. The zero-order chi connectivity index (χ0) is 20.7. The van der Waals surface area contributed by atoms with E-state index in [0.717, 1.165) is 31.4 Å². The van der Waals surface area contributed by atoms with Crippen LogP contribution in [0.2, 0.25) is 0 Å². The summed E-state index contributed by atoms with van der Waals surface area (Å²) in [7, 11) is 4.94. The highest BCUT2D eigenvalue weighted by atomic mass is 127. The number of hydrogen-bond donors (Lipinski definition) is 1. The van der Waals surface area contributed by atoms with Gasteiger partial charge in [-0.05, 0) is 37.0 Å². The van der Waals surface area contributed by atoms with Gasteiger partial charge in [0.15, 0.2) is 23.4 Å². The van der Waals surface area contributed by atoms with Gasteiger partial charge in [-0.1, -0.05) is 0 Å². The number of nitrogens with one attached hydrogen (secondary N) is 1. The summed E-state index contributed by atoms with van der Waals surface area (Å²) >= 11 is 0. The van der Waals surface area contributed by atoms with Crippen molar-refractivity contribution in [2.24, 2.45) is 4.99 Å². The third-order valence-corrected chi connectivity index (χ3v) is 4.45. The summed E-state index contributed by atoms with van der Waals surface area (Å²) in [5, 5.41) is 3.16. The molecule has 1 unspecified atom stereocenters. The second-order valence-corrected chi connectivity index (χ2v) is 7.03. The first-order valence-electron chi connectivity index (χ1n) is 9.22. The van der Waals surface area contributed by atoms with E-state index in [9.17, 15) is 18.0 Å². The summed E-state index contributed by atoms with van der Waals surface area (Å²) in [6.07, 6.45) is 3.09. The van der Waals surface area contributed by atoms with Crippen molar-refractivity contribution in [3.05, 3.63) is 35.1 Å². The van der Waals surface area contributed by atoms with Crippen molar-refractivity contribution in [3.8, 4) is 0 Å². The Bertz CT molecular complexity index is 690. The van der Waals surface area contributed by atoms with Crippen molar-refractivity contribution in [2.45, 2.75) is 31.9 Å². The normalized spacial score (nSPS) is 16.8. The molecule has 164 valence electrons. The Balaban J connectivity index is 0.00000420. The molecule has 0 bridgehead atoms. The lowest BCUT2D eigenvalue weighted by Gasteiger charge is -2.27. The number of aliphatic imine (C=N–C) groups is 1. The summed E-state index contributed by atoms with van der Waals surface area (Å²) in [4.78, 5) is 19.2. The summed E-state index contributed by atoms with van der Waals surface area (Å²) < 4.78 is 45.8. The van der Waals surface area contributed by atoms with Gasteiger partial charge in [0.25, 0.3) is 0 Å². The van der Waals surface area contributed by atoms with Crippen molar-refractivity contribution in [3.63, 3.8) is 0 Å². The van der Waals surface area contributed by atoms with Crippen LogP contribution in [0.15, 0.2) is 17.1 Å². The fourth-order valence-electron chi connectivity index (χ4n) is 2.82. The summed E-state index contributed by atoms with van der Waals surface area (Å²) in [6, 6.07) is 1.89. The maximum atomic E-state index is 13.5. The molecular formula is C19H28F3IN4O2. The van der Waals surface area contributed by atoms with Crippen LogP contribution in [0.4, 0.5) is 13.2 Å². The van der Waals surface area contributed by atoms with Crippen LogP contribution in [0, 0.1) is 17.5 Å². The number of carbonyl (C=O) groups is 1. The number of nitrogens with zero attached hydrogens (tertiary/aromatic N) is 3. The van der Waals surface area contributed by atoms with Crippen LogP contribution in [0.25, 0.3) is 0 Å². The van der Waals surface area contributed by atoms with Gasteiger partial charge in [0.1, 0.15) is 6.54 Å². The van der Waals surface area contributed by atoms with Crippen LogP contribution < -0.4 is 5.32 Å². The largest absolute Gasteiger partial charge is 0.376 e. The predicted molar refractivity (Wildman–Crippen MR) is 116 cm³/mol. The van der Waals surface area contributed by atoms with Crippen LogP contribution in [-0.2, 0) is 16.1 Å². The number of carbonyl (C=O) groups excluding carboxylic acids is 1. The van der Waals surface area contributed by atoms with Crippen LogP contribution in [0.5, 0.6) is 0 Å². The molecule has 1 amide bonds. The molecule has 1 saturated heterocycles. The SMILES string of the molecule is CN(C)C(=O)CN=C(NCC1CCCCO1)N(C)Cc1cc(F)c(F)c(F)c1.I. The maximum absolute atomic E-state index is 13.5. The molecule has 1 aliphatic rings. The number of hydrogen-bond acceptors (Lipinski definition) is 3. The van der Waals surface area contributed by atoms with E-state index in [1.807, 2.05) is 0 Å². The van der Waals surface area contributed by atoms with E-state index in [0.29, 0.717) is 19.1 Å². The Hall–Kier alpha value is -1.56. The molecule has 1 fully saturated rings. The lowest BCUT2D eigenvalue weighted by molar-refractivity contribution is -0.127. The Morgan fingerprint density at radius 1 is 1.21 bits per heavy atom. The number of benzene rings is 1. The number of guanidine groups is 1. The average molecular weight is 528 g/mol. The van der Waals surface area contributed by atoms with Crippen molar-refractivity contribution >= 4 is 35.8 Å². The molecule has 1 aromatic carbocycles. The summed E-state index contributed by atoms with van der Waals surface area (Å²) in [6.45, 7) is 1.23. The van der Waals surface area contributed by atoms with E-state index < -0.39 is 17.5 Å². The minimum absolute atomic E-state index is 0. The molecule has 0 saturated carbocycles. The molecule has 0 aliphatic carbocycles. The number of ether oxygens (including phenoxy) is 1. The number of halogens is 4. The fourth-order valence-corrected chi connectivity index (χ4v) is 2.82. The van der Waals surface area contributed by atoms with E-state index in [1.165, 1.54) is 4.90 Å². The third kappa shape index (κ3) is 8.00. The Labute approximate surface area is 186 Å². The van der Waals surface area contributed by atoms with Gasteiger partial charge in [-0.25, -0.2) is 18.2 Å². The second-order valence-electron chi connectivity index (χ2n) is 7.03. The molecule has 29 heavy (non-hydrogen) atoms. The zero-order valence-corrected chi connectivity index (χ0v) is 19.2. The summed E-state index contributed by atoms with van der Waals surface area (Å²) in [5.74, 6) is -3.76. The number of likely N-dealkylation sites (N-methyl/N-ethyl adjacent to an activating group) is 1. The quantitative estimate of drug-likeness (QED) is 0.267. The lowest BCUT2D eigenvalue weighted by atomic mass is 10.1. The highest BCUT2D eigenvalue weighted by molar-refractivity contribution is 14.0. The minimum atomic E-state index is -1.50. The van der Waals surface area contributed by atoms with Gasteiger partial charge in [0, 0.05) is 40.8 Å². The topological polar surface area (TPSA) is 57.2 Å². The first-order valence-corrected chi connectivity index (χ1v) is 9.22. The van der Waals surface area contributed by atoms with Crippen LogP contribution in [0.3, 0.4) is 0 Å². The highest BCUT2D eigenvalue weighted by Crippen LogP contribution is 2.15. The number of rotatable bonds is 6. The van der Waals surface area contributed by atoms with E-state index in [2.05, 4.69) is 10.3 Å². The first-order chi connectivity index (χ1) is 13.3. The second kappa shape index (κ2) is 12.2. The highest BCUT2D eigenvalue weighted by Gasteiger charge is 2.17. The van der Waals surface area contributed by atoms with Gasteiger partial charge in [-0.2, -0.15) is 0 Å². The third-order valence-electron chi connectivity index (χ3n) is 4.45. The standard InChI is InChI=1S/C19H27F3N4O2.HI/c1-25(2)17(27)11-24-19(23-10-14-6-4-5-7-28-14)26(3)12-13-8-15(20)18(22)16(21)9-13;/h8-9,14H,4-7,10-12H2,1-3H3,(H,23,24);1H. The van der Waals surface area contributed by atoms with Gasteiger partial charge in [-0.3, -0.25) is 4.79 Å². The monoisotopic (exact) mass is 528 g/mol.